The second-order valence-electron chi connectivity index (χ2n) is 2.64. The van der Waals surface area contributed by atoms with E-state index < -0.39 is 16.4 Å². The Hall–Kier alpha value is -1.51. The fourth-order valence-electron chi connectivity index (χ4n) is 0.714. The van der Waals surface area contributed by atoms with Gasteiger partial charge in [0, 0.05) is 6.07 Å². The molecule has 0 aliphatic heterocycles. The van der Waals surface area contributed by atoms with Crippen LogP contribution >= 0.6 is 0 Å². The molecular formula is C8H11NO6S. The number of carboxylic acids is 1. The zero-order valence-electron chi connectivity index (χ0n) is 8.65. The molecule has 0 saturated heterocycles. The van der Waals surface area contributed by atoms with Gasteiger partial charge in [-0.2, -0.15) is 0 Å². The highest BCUT2D eigenvalue weighted by atomic mass is 32.3. The van der Waals surface area contributed by atoms with Crippen LogP contribution < -0.4 is 4.57 Å². The lowest BCUT2D eigenvalue weighted by molar-refractivity contribution is -0.671. The Bertz CT molecular complexity index is 455. The molecule has 1 rings (SSSR count). The van der Waals surface area contributed by atoms with Gasteiger partial charge in [0.05, 0.1) is 7.11 Å². The van der Waals surface area contributed by atoms with Gasteiger partial charge in [0.15, 0.2) is 12.4 Å². The minimum Gasteiger partial charge on any atom is -0.726 e. The summed E-state index contributed by atoms with van der Waals surface area (Å²) in [7, 11) is -1.82. The van der Waals surface area contributed by atoms with E-state index in [0.29, 0.717) is 5.56 Å². The van der Waals surface area contributed by atoms with Crippen molar-refractivity contribution < 1.29 is 31.6 Å². The lowest BCUT2D eigenvalue weighted by atomic mass is 10.3. The van der Waals surface area contributed by atoms with Gasteiger partial charge in [-0.1, -0.05) is 0 Å². The average molecular weight is 249 g/mol. The van der Waals surface area contributed by atoms with Crippen LogP contribution in [-0.2, 0) is 21.6 Å². The summed E-state index contributed by atoms with van der Waals surface area (Å²) >= 11 is 0. The molecule has 0 aliphatic rings. The Morgan fingerprint density at radius 1 is 1.56 bits per heavy atom. The SMILES string of the molecule is COS(=O)(=O)[O-].C[n+]1cccc(C(=O)O)c1. The van der Waals surface area contributed by atoms with Gasteiger partial charge in [-0.15, -0.1) is 0 Å². The van der Waals surface area contributed by atoms with E-state index in [-0.39, 0.29) is 0 Å². The van der Waals surface area contributed by atoms with Crippen LogP contribution in [0.5, 0.6) is 0 Å². The Morgan fingerprint density at radius 3 is 2.31 bits per heavy atom. The summed E-state index contributed by atoms with van der Waals surface area (Å²) in [6.07, 6.45) is 3.34. The number of carboxylic acid groups (broad SMARTS) is 1. The quantitative estimate of drug-likeness (QED) is 0.422. The monoisotopic (exact) mass is 249 g/mol. The molecule has 1 aromatic heterocycles. The molecule has 1 aromatic rings. The van der Waals surface area contributed by atoms with Gasteiger partial charge < -0.3 is 9.66 Å². The predicted molar refractivity (Wildman–Crippen MR) is 51.3 cm³/mol. The van der Waals surface area contributed by atoms with E-state index in [1.165, 1.54) is 0 Å². The van der Waals surface area contributed by atoms with Crippen molar-refractivity contribution in [2.24, 2.45) is 7.05 Å². The predicted octanol–water partition coefficient (Wildman–Crippen LogP) is -0.698. The number of pyridine rings is 1. The van der Waals surface area contributed by atoms with Crippen molar-refractivity contribution in [1.29, 1.82) is 0 Å². The molecule has 0 aromatic carbocycles. The topological polar surface area (TPSA) is 108 Å². The lowest BCUT2D eigenvalue weighted by Gasteiger charge is -1.98. The van der Waals surface area contributed by atoms with E-state index in [2.05, 4.69) is 4.18 Å². The largest absolute Gasteiger partial charge is 0.726 e. The zero-order valence-corrected chi connectivity index (χ0v) is 9.47. The molecule has 0 unspecified atom stereocenters. The van der Waals surface area contributed by atoms with Gasteiger partial charge in [0.2, 0.25) is 10.4 Å². The maximum absolute atomic E-state index is 10.3. The number of nitrogens with zero attached hydrogens (tertiary/aromatic N) is 1. The highest BCUT2D eigenvalue weighted by molar-refractivity contribution is 7.80. The van der Waals surface area contributed by atoms with Crippen molar-refractivity contribution in [3.63, 3.8) is 0 Å². The number of hydrogen-bond acceptors (Lipinski definition) is 5. The molecule has 90 valence electrons. The van der Waals surface area contributed by atoms with Crippen molar-refractivity contribution in [2.45, 2.75) is 0 Å². The fraction of sp³-hybridized carbons (Fsp3) is 0.250. The molecule has 1 heterocycles. The summed E-state index contributed by atoms with van der Waals surface area (Å²) in [6, 6.07) is 3.26. The van der Waals surface area contributed by atoms with Gasteiger partial charge >= 0.3 is 5.97 Å². The first-order chi connectivity index (χ1) is 7.26. The first-order valence-corrected chi connectivity index (χ1v) is 5.29. The van der Waals surface area contributed by atoms with Gasteiger partial charge in [-0.25, -0.2) is 17.8 Å². The molecule has 0 aliphatic carbocycles. The van der Waals surface area contributed by atoms with E-state index in [9.17, 15) is 17.8 Å². The van der Waals surface area contributed by atoms with Crippen molar-refractivity contribution in [3.05, 3.63) is 30.1 Å². The minimum absolute atomic E-state index is 0.310. The second-order valence-corrected chi connectivity index (χ2v) is 3.79. The van der Waals surface area contributed by atoms with Crippen LogP contribution in [0.3, 0.4) is 0 Å². The Labute approximate surface area is 92.9 Å². The third-order valence-corrected chi connectivity index (χ3v) is 1.80. The normalized spacial score (nSPS) is 10.2. The highest BCUT2D eigenvalue weighted by Gasteiger charge is 2.04. The fourth-order valence-corrected chi connectivity index (χ4v) is 0.714. The molecule has 16 heavy (non-hydrogen) atoms. The average Bonchev–Trinajstić information content (AvgIpc) is 2.17. The van der Waals surface area contributed by atoms with Crippen LogP contribution in [0, 0.1) is 0 Å². The molecule has 0 saturated carbocycles. The van der Waals surface area contributed by atoms with Crippen LogP contribution in [0.25, 0.3) is 0 Å². The smallest absolute Gasteiger partial charge is 0.341 e. The zero-order chi connectivity index (χ0) is 12.8. The molecule has 7 nitrogen and oxygen atoms in total. The standard InChI is InChI=1S/C7H7NO2.CH4O4S/c1-8-4-2-3-6(5-8)7(9)10;1-5-6(2,3)4/h2-5H,1H3;1H3,(H,2,3,4). The number of aromatic nitrogens is 1. The van der Waals surface area contributed by atoms with E-state index in [4.69, 9.17) is 5.11 Å². The molecule has 0 amide bonds. The maximum atomic E-state index is 10.3. The summed E-state index contributed by atoms with van der Waals surface area (Å²) in [6.45, 7) is 0. The van der Waals surface area contributed by atoms with Gasteiger partial charge in [0.25, 0.3) is 0 Å². The number of aromatic carboxylic acids is 1. The third kappa shape index (κ3) is 6.87. The molecule has 0 radical (unpaired) electrons. The number of hydrogen-bond donors (Lipinski definition) is 1. The van der Waals surface area contributed by atoms with Crippen molar-refractivity contribution >= 4 is 16.4 Å². The molecule has 0 fully saturated rings. The number of aryl methyl sites for hydroxylation is 1. The van der Waals surface area contributed by atoms with Crippen molar-refractivity contribution in [3.8, 4) is 0 Å². The summed E-state index contributed by atoms with van der Waals surface area (Å²) in [5, 5.41) is 8.50. The summed E-state index contributed by atoms with van der Waals surface area (Å²) in [4.78, 5) is 10.3. The van der Waals surface area contributed by atoms with Crippen LogP contribution in [0.2, 0.25) is 0 Å². The summed E-state index contributed by atoms with van der Waals surface area (Å²) in [5.41, 5.74) is 0.310. The van der Waals surface area contributed by atoms with Gasteiger partial charge in [-0.05, 0) is 6.07 Å². The van der Waals surface area contributed by atoms with Crippen LogP contribution in [0.4, 0.5) is 0 Å². The lowest BCUT2D eigenvalue weighted by Crippen LogP contribution is -2.27. The maximum Gasteiger partial charge on any atom is 0.341 e. The van der Waals surface area contributed by atoms with E-state index in [1.54, 1.807) is 36.1 Å². The first-order valence-electron chi connectivity index (χ1n) is 3.96. The summed E-state index contributed by atoms with van der Waals surface area (Å²) in [5.74, 6) is -0.892. The van der Waals surface area contributed by atoms with Crippen molar-refractivity contribution in [1.82, 2.24) is 0 Å². The van der Waals surface area contributed by atoms with E-state index in [1.807, 2.05) is 0 Å². The van der Waals surface area contributed by atoms with E-state index >= 15 is 0 Å². The number of carbonyl (C=O) groups is 1. The second kappa shape index (κ2) is 6.16. The first kappa shape index (κ1) is 14.5. The molecule has 8 heteroatoms. The molecule has 0 atom stereocenters. The molecule has 0 spiro atoms. The van der Waals surface area contributed by atoms with Crippen LogP contribution in [-0.4, -0.2) is 31.2 Å². The molecular weight excluding hydrogens is 238 g/mol. The summed E-state index contributed by atoms with van der Waals surface area (Å²) < 4.78 is 32.7. The van der Waals surface area contributed by atoms with Crippen LogP contribution in [0.15, 0.2) is 24.5 Å². The minimum atomic E-state index is -4.41. The molecule has 0 bridgehead atoms. The van der Waals surface area contributed by atoms with E-state index in [0.717, 1.165) is 7.11 Å². The molecule has 1 N–H and O–H groups in total. The highest BCUT2D eigenvalue weighted by Crippen LogP contribution is 1.91. The van der Waals surface area contributed by atoms with Crippen LogP contribution in [0.1, 0.15) is 10.4 Å². The number of rotatable bonds is 2. The Morgan fingerprint density at radius 2 is 2.06 bits per heavy atom. The Balaban J connectivity index is 0.000000325. The van der Waals surface area contributed by atoms with Gasteiger partial charge in [-0.3, -0.25) is 4.18 Å². The Kier molecular flexibility index (Phi) is 5.57. The van der Waals surface area contributed by atoms with Crippen molar-refractivity contribution in [2.75, 3.05) is 7.11 Å². The third-order valence-electron chi connectivity index (χ3n) is 1.39. The van der Waals surface area contributed by atoms with Gasteiger partial charge in [0.1, 0.15) is 12.6 Å².